The van der Waals surface area contributed by atoms with Crippen LogP contribution in [0.3, 0.4) is 0 Å². The molecule has 2 rings (SSSR count). The van der Waals surface area contributed by atoms with Crippen molar-refractivity contribution in [3.05, 3.63) is 78.4 Å². The summed E-state index contributed by atoms with van der Waals surface area (Å²) in [6, 6.07) is 16.3. The summed E-state index contributed by atoms with van der Waals surface area (Å²) >= 11 is 5.01. The van der Waals surface area contributed by atoms with E-state index in [1.165, 1.54) is 0 Å². The van der Waals surface area contributed by atoms with E-state index in [0.29, 0.717) is 30.8 Å². The molecule has 0 radical (unpaired) electrons. The van der Waals surface area contributed by atoms with E-state index in [1.807, 2.05) is 30.3 Å². The molecule has 27 heavy (non-hydrogen) atoms. The number of hydrogen-bond acceptors (Lipinski definition) is 4. The number of hydrogen-bond donors (Lipinski definition) is 3. The van der Waals surface area contributed by atoms with Crippen LogP contribution in [-0.2, 0) is 11.2 Å². The maximum absolute atomic E-state index is 12.1. The van der Waals surface area contributed by atoms with Gasteiger partial charge in [0.25, 0.3) is 5.91 Å². The topological polar surface area (TPSA) is 79.5 Å². The van der Waals surface area contributed by atoms with Crippen molar-refractivity contribution in [2.45, 2.75) is 12.8 Å². The lowest BCUT2D eigenvalue weighted by atomic mass is 10.1. The van der Waals surface area contributed by atoms with E-state index in [1.54, 1.807) is 30.3 Å². The van der Waals surface area contributed by atoms with Crippen LogP contribution in [0, 0.1) is 0 Å². The summed E-state index contributed by atoms with van der Waals surface area (Å²) in [5.41, 5.74) is 6.45. The van der Waals surface area contributed by atoms with Gasteiger partial charge in [-0.2, -0.15) is 0 Å². The normalized spacial score (nSPS) is 9.78. The molecular formula is C20H21N3O3S. The van der Waals surface area contributed by atoms with Crippen LogP contribution in [0.1, 0.15) is 22.3 Å². The number of aryl methyl sites for hydroxylation is 1. The Morgan fingerprint density at radius 3 is 2.41 bits per heavy atom. The number of amides is 2. The Morgan fingerprint density at radius 2 is 1.74 bits per heavy atom. The van der Waals surface area contributed by atoms with Crippen molar-refractivity contribution in [3.8, 4) is 5.75 Å². The smallest absolute Gasteiger partial charge is 0.269 e. The molecule has 0 spiro atoms. The third kappa shape index (κ3) is 7.29. The van der Waals surface area contributed by atoms with Crippen LogP contribution in [-0.4, -0.2) is 23.5 Å². The van der Waals surface area contributed by atoms with Gasteiger partial charge in [-0.15, -0.1) is 0 Å². The number of thiocarbonyl (C=S) groups is 1. The molecule has 0 unspecified atom stereocenters. The van der Waals surface area contributed by atoms with E-state index in [2.05, 4.69) is 22.7 Å². The van der Waals surface area contributed by atoms with E-state index < -0.39 is 0 Å². The number of hydrazine groups is 1. The van der Waals surface area contributed by atoms with Gasteiger partial charge in [0.15, 0.2) is 5.11 Å². The maximum Gasteiger partial charge on any atom is 0.269 e. The minimum absolute atomic E-state index is 0.0346. The van der Waals surface area contributed by atoms with Gasteiger partial charge in [-0.3, -0.25) is 20.4 Å². The summed E-state index contributed by atoms with van der Waals surface area (Å²) in [5.74, 6) is 0.0288. The first-order valence-corrected chi connectivity index (χ1v) is 8.77. The van der Waals surface area contributed by atoms with E-state index in [9.17, 15) is 9.59 Å². The highest BCUT2D eigenvalue weighted by molar-refractivity contribution is 7.80. The van der Waals surface area contributed by atoms with E-state index >= 15 is 0 Å². The van der Waals surface area contributed by atoms with Crippen molar-refractivity contribution < 1.29 is 14.3 Å². The first-order valence-electron chi connectivity index (χ1n) is 8.36. The number of nitrogens with one attached hydrogen (secondary N) is 3. The van der Waals surface area contributed by atoms with Gasteiger partial charge < -0.3 is 10.1 Å². The molecule has 0 aliphatic heterocycles. The minimum Gasteiger partial charge on any atom is -0.490 e. The summed E-state index contributed by atoms with van der Waals surface area (Å²) in [7, 11) is 0. The first-order chi connectivity index (χ1) is 13.1. The zero-order chi connectivity index (χ0) is 19.5. The summed E-state index contributed by atoms with van der Waals surface area (Å²) in [5, 5.41) is 2.56. The van der Waals surface area contributed by atoms with Gasteiger partial charge >= 0.3 is 0 Å². The Morgan fingerprint density at radius 1 is 1.04 bits per heavy atom. The second-order valence-electron chi connectivity index (χ2n) is 5.57. The highest BCUT2D eigenvalue weighted by atomic mass is 32.1. The van der Waals surface area contributed by atoms with Crippen molar-refractivity contribution in [2.75, 3.05) is 6.61 Å². The third-order valence-electron chi connectivity index (χ3n) is 3.51. The van der Waals surface area contributed by atoms with Gasteiger partial charge in [0.05, 0.1) is 0 Å². The Kier molecular flexibility index (Phi) is 7.99. The Labute approximate surface area is 163 Å². The van der Waals surface area contributed by atoms with Gasteiger partial charge in [-0.1, -0.05) is 43.0 Å². The van der Waals surface area contributed by atoms with Crippen molar-refractivity contribution in [1.82, 2.24) is 16.2 Å². The quantitative estimate of drug-likeness (QED) is 0.389. The number of benzene rings is 2. The fourth-order valence-corrected chi connectivity index (χ4v) is 2.33. The van der Waals surface area contributed by atoms with Crippen molar-refractivity contribution in [3.63, 3.8) is 0 Å². The third-order valence-corrected chi connectivity index (χ3v) is 3.71. The lowest BCUT2D eigenvalue weighted by Crippen LogP contribution is -2.48. The number of ether oxygens (including phenoxy) is 1. The standard InChI is InChI=1S/C20H21N3O3S/c1-2-14-26-17-11-9-16(10-12-17)19(25)22-23-20(27)21-18(24)13-8-15-6-4-3-5-7-15/h2-7,9-12H,1,8,13-14H2,(H,22,25)(H2,21,23,24,27). The molecule has 0 saturated carbocycles. The lowest BCUT2D eigenvalue weighted by molar-refractivity contribution is -0.119. The van der Waals surface area contributed by atoms with Crippen LogP contribution in [0.4, 0.5) is 0 Å². The molecule has 140 valence electrons. The molecule has 2 amide bonds. The largest absolute Gasteiger partial charge is 0.490 e. The van der Waals surface area contributed by atoms with Crippen LogP contribution >= 0.6 is 12.2 Å². The Bertz CT molecular complexity index is 792. The molecule has 2 aromatic carbocycles. The van der Waals surface area contributed by atoms with Crippen LogP contribution < -0.4 is 20.9 Å². The molecule has 0 saturated heterocycles. The summed E-state index contributed by atoms with van der Waals surface area (Å²) in [6.07, 6.45) is 2.55. The number of rotatable bonds is 7. The van der Waals surface area contributed by atoms with Crippen LogP contribution in [0.5, 0.6) is 5.75 Å². The van der Waals surface area contributed by atoms with Gasteiger partial charge in [-0.05, 0) is 48.5 Å². The molecule has 0 heterocycles. The van der Waals surface area contributed by atoms with Crippen molar-refractivity contribution in [2.24, 2.45) is 0 Å². The van der Waals surface area contributed by atoms with E-state index in [-0.39, 0.29) is 16.9 Å². The molecule has 0 atom stereocenters. The fourth-order valence-electron chi connectivity index (χ4n) is 2.17. The molecule has 3 N–H and O–H groups in total. The SMILES string of the molecule is C=CCOc1ccc(C(=O)NNC(=S)NC(=O)CCc2ccccc2)cc1. The molecule has 2 aromatic rings. The average Bonchev–Trinajstić information content (AvgIpc) is 2.70. The second kappa shape index (κ2) is 10.7. The molecule has 0 aliphatic rings. The molecule has 0 aliphatic carbocycles. The van der Waals surface area contributed by atoms with E-state index in [0.717, 1.165) is 5.56 Å². The second-order valence-corrected chi connectivity index (χ2v) is 5.97. The number of carbonyl (C=O) groups excluding carboxylic acids is 2. The molecule has 6 nitrogen and oxygen atoms in total. The van der Waals surface area contributed by atoms with Gasteiger partial charge in [0.2, 0.25) is 5.91 Å². The molecule has 0 bridgehead atoms. The van der Waals surface area contributed by atoms with Gasteiger partial charge in [0.1, 0.15) is 12.4 Å². The Balaban J connectivity index is 1.71. The maximum atomic E-state index is 12.1. The summed E-state index contributed by atoms with van der Waals surface area (Å²) in [4.78, 5) is 24.0. The minimum atomic E-state index is -0.383. The van der Waals surface area contributed by atoms with Crippen molar-refractivity contribution >= 4 is 29.1 Å². The highest BCUT2D eigenvalue weighted by Gasteiger charge is 2.08. The van der Waals surface area contributed by atoms with Crippen LogP contribution in [0.25, 0.3) is 0 Å². The highest BCUT2D eigenvalue weighted by Crippen LogP contribution is 2.11. The van der Waals surface area contributed by atoms with Crippen molar-refractivity contribution in [1.29, 1.82) is 0 Å². The monoisotopic (exact) mass is 383 g/mol. The zero-order valence-electron chi connectivity index (χ0n) is 14.7. The first kappa shape index (κ1) is 20.1. The lowest BCUT2D eigenvalue weighted by Gasteiger charge is -2.11. The van der Waals surface area contributed by atoms with Crippen LogP contribution in [0.2, 0.25) is 0 Å². The predicted molar refractivity (Wildman–Crippen MR) is 108 cm³/mol. The van der Waals surface area contributed by atoms with Gasteiger partial charge in [-0.25, -0.2) is 0 Å². The predicted octanol–water partition coefficient (Wildman–Crippen LogP) is 2.52. The average molecular weight is 383 g/mol. The fraction of sp³-hybridized carbons (Fsp3) is 0.150. The van der Waals surface area contributed by atoms with Gasteiger partial charge in [0, 0.05) is 12.0 Å². The van der Waals surface area contributed by atoms with E-state index in [4.69, 9.17) is 17.0 Å². The number of carbonyl (C=O) groups is 2. The molecule has 7 heteroatoms. The summed E-state index contributed by atoms with van der Waals surface area (Å²) in [6.45, 7) is 3.96. The zero-order valence-corrected chi connectivity index (χ0v) is 15.6. The molecular weight excluding hydrogens is 362 g/mol. The molecule has 0 aromatic heterocycles. The molecule has 0 fully saturated rings. The van der Waals surface area contributed by atoms with Crippen LogP contribution in [0.15, 0.2) is 67.3 Å². The summed E-state index contributed by atoms with van der Waals surface area (Å²) < 4.78 is 5.35. The Hall–Kier alpha value is -3.19.